The van der Waals surface area contributed by atoms with Crippen LogP contribution in [0.25, 0.3) is 0 Å². The van der Waals surface area contributed by atoms with Crippen LogP contribution in [0.5, 0.6) is 0 Å². The first-order chi connectivity index (χ1) is 7.27. The molecule has 1 heterocycles. The predicted molar refractivity (Wildman–Crippen MR) is 59.0 cm³/mol. The SMILES string of the molecule is Cc1nc(N(C)C)sc1C(CN)C(F)(F)F. The van der Waals surface area contributed by atoms with Gasteiger partial charge in [-0.2, -0.15) is 13.2 Å². The molecule has 0 aromatic carbocycles. The van der Waals surface area contributed by atoms with Gasteiger partial charge in [0.1, 0.15) is 5.92 Å². The van der Waals surface area contributed by atoms with Crippen molar-refractivity contribution in [2.45, 2.75) is 19.0 Å². The fraction of sp³-hybridized carbons (Fsp3) is 0.667. The molecule has 0 bridgehead atoms. The second-order valence-electron chi connectivity index (χ2n) is 3.67. The Balaban J connectivity index is 3.11. The summed E-state index contributed by atoms with van der Waals surface area (Å²) in [6.45, 7) is 1.13. The molecule has 0 aliphatic rings. The largest absolute Gasteiger partial charge is 0.397 e. The molecule has 0 amide bonds. The summed E-state index contributed by atoms with van der Waals surface area (Å²) in [6.07, 6.45) is -4.31. The van der Waals surface area contributed by atoms with Crippen LogP contribution in [0.4, 0.5) is 18.3 Å². The Morgan fingerprint density at radius 1 is 1.44 bits per heavy atom. The van der Waals surface area contributed by atoms with Crippen molar-refractivity contribution in [3.63, 3.8) is 0 Å². The lowest BCUT2D eigenvalue weighted by Crippen LogP contribution is -2.27. The standard InChI is InChI=1S/C9H14F3N3S/c1-5-7(6(4-13)9(10,11)12)16-8(14-5)15(2)3/h6H,4,13H2,1-3H3. The van der Waals surface area contributed by atoms with Crippen LogP contribution in [0.1, 0.15) is 16.5 Å². The summed E-state index contributed by atoms with van der Waals surface area (Å²) in [7, 11) is 3.49. The number of halogens is 3. The molecule has 0 fully saturated rings. The van der Waals surface area contributed by atoms with Crippen LogP contribution in [0.15, 0.2) is 0 Å². The van der Waals surface area contributed by atoms with Crippen LogP contribution < -0.4 is 10.6 Å². The Bertz CT molecular complexity index is 359. The number of nitrogens with two attached hydrogens (primary N) is 1. The minimum atomic E-state index is -4.31. The van der Waals surface area contributed by atoms with Gasteiger partial charge in [0, 0.05) is 25.5 Å². The molecule has 0 radical (unpaired) electrons. The van der Waals surface area contributed by atoms with Crippen molar-refractivity contribution < 1.29 is 13.2 Å². The summed E-state index contributed by atoms with van der Waals surface area (Å²) in [5, 5.41) is 0.565. The summed E-state index contributed by atoms with van der Waals surface area (Å²) >= 11 is 1.04. The highest BCUT2D eigenvalue weighted by Crippen LogP contribution is 2.40. The third-order valence-electron chi connectivity index (χ3n) is 2.15. The highest BCUT2D eigenvalue weighted by atomic mass is 32.1. The van der Waals surface area contributed by atoms with Gasteiger partial charge in [0.05, 0.1) is 5.69 Å². The third kappa shape index (κ3) is 2.65. The molecule has 3 nitrogen and oxygen atoms in total. The summed E-state index contributed by atoms with van der Waals surface area (Å²) < 4.78 is 38.0. The highest BCUT2D eigenvalue weighted by Gasteiger charge is 2.42. The lowest BCUT2D eigenvalue weighted by Gasteiger charge is -2.17. The van der Waals surface area contributed by atoms with Gasteiger partial charge in [-0.25, -0.2) is 4.98 Å². The maximum atomic E-state index is 12.7. The number of thiazole rings is 1. The van der Waals surface area contributed by atoms with Crippen LogP contribution in [0.2, 0.25) is 0 Å². The molecule has 1 aromatic heterocycles. The number of alkyl halides is 3. The van der Waals surface area contributed by atoms with Crippen LogP contribution in [-0.4, -0.2) is 31.8 Å². The van der Waals surface area contributed by atoms with E-state index in [1.54, 1.807) is 25.9 Å². The molecule has 1 atom stereocenters. The summed E-state index contributed by atoms with van der Waals surface area (Å²) in [5.41, 5.74) is 5.59. The van der Waals surface area contributed by atoms with E-state index in [1.165, 1.54) is 0 Å². The first kappa shape index (κ1) is 13.2. The van der Waals surface area contributed by atoms with Crippen molar-refractivity contribution >= 4 is 16.5 Å². The Labute approximate surface area is 96.1 Å². The lowest BCUT2D eigenvalue weighted by molar-refractivity contribution is -0.147. The number of nitrogens with zero attached hydrogens (tertiary/aromatic N) is 2. The minimum Gasteiger partial charge on any atom is -0.354 e. The number of aryl methyl sites for hydroxylation is 1. The van der Waals surface area contributed by atoms with Gasteiger partial charge in [-0.3, -0.25) is 0 Å². The molecule has 1 aromatic rings. The van der Waals surface area contributed by atoms with Crippen LogP contribution in [-0.2, 0) is 0 Å². The molecule has 0 aliphatic heterocycles. The van der Waals surface area contributed by atoms with E-state index >= 15 is 0 Å². The number of hydrogen-bond acceptors (Lipinski definition) is 4. The Kier molecular flexibility index (Phi) is 3.80. The van der Waals surface area contributed by atoms with Gasteiger partial charge in [-0.1, -0.05) is 0 Å². The van der Waals surface area contributed by atoms with Gasteiger partial charge in [0.15, 0.2) is 5.13 Å². The number of rotatable bonds is 3. The average Bonchev–Trinajstić information content (AvgIpc) is 2.47. The van der Waals surface area contributed by atoms with Gasteiger partial charge in [0.2, 0.25) is 0 Å². The fourth-order valence-electron chi connectivity index (χ4n) is 1.30. The molecule has 1 unspecified atom stereocenters. The zero-order valence-electron chi connectivity index (χ0n) is 9.30. The van der Waals surface area contributed by atoms with Crippen LogP contribution in [0, 0.1) is 6.92 Å². The molecule has 2 N–H and O–H groups in total. The monoisotopic (exact) mass is 253 g/mol. The van der Waals surface area contributed by atoms with Gasteiger partial charge < -0.3 is 10.6 Å². The second-order valence-corrected chi connectivity index (χ2v) is 4.68. The summed E-state index contributed by atoms with van der Waals surface area (Å²) in [4.78, 5) is 5.97. The van der Waals surface area contributed by atoms with Crippen molar-refractivity contribution in [2.24, 2.45) is 5.73 Å². The summed E-state index contributed by atoms with van der Waals surface area (Å²) in [6, 6.07) is 0. The van der Waals surface area contributed by atoms with Crippen molar-refractivity contribution in [1.82, 2.24) is 4.98 Å². The van der Waals surface area contributed by atoms with Crippen molar-refractivity contribution in [3.8, 4) is 0 Å². The number of anilines is 1. The third-order valence-corrected chi connectivity index (χ3v) is 3.59. The molecule has 7 heteroatoms. The number of hydrogen-bond donors (Lipinski definition) is 1. The van der Waals surface area contributed by atoms with E-state index in [1.807, 2.05) is 0 Å². The normalized spacial score (nSPS) is 13.9. The highest BCUT2D eigenvalue weighted by molar-refractivity contribution is 7.15. The molecule has 92 valence electrons. The Hall–Kier alpha value is -0.820. The Morgan fingerprint density at radius 2 is 2.00 bits per heavy atom. The van der Waals surface area contributed by atoms with Crippen molar-refractivity contribution in [3.05, 3.63) is 10.6 Å². The van der Waals surface area contributed by atoms with Crippen molar-refractivity contribution in [2.75, 3.05) is 25.5 Å². The molecular formula is C9H14F3N3S. The minimum absolute atomic E-state index is 0.207. The fourth-order valence-corrected chi connectivity index (χ4v) is 2.42. The van der Waals surface area contributed by atoms with Gasteiger partial charge in [-0.05, 0) is 6.92 Å². The molecule has 0 spiro atoms. The number of aromatic nitrogens is 1. The van der Waals surface area contributed by atoms with Crippen molar-refractivity contribution in [1.29, 1.82) is 0 Å². The van der Waals surface area contributed by atoms with E-state index in [0.29, 0.717) is 10.8 Å². The first-order valence-corrected chi connectivity index (χ1v) is 5.50. The first-order valence-electron chi connectivity index (χ1n) is 4.68. The topological polar surface area (TPSA) is 42.2 Å². The molecule has 16 heavy (non-hydrogen) atoms. The molecule has 0 aliphatic carbocycles. The predicted octanol–water partition coefficient (Wildman–Crippen LogP) is 2.12. The van der Waals surface area contributed by atoms with Crippen LogP contribution in [0.3, 0.4) is 0 Å². The molecular weight excluding hydrogens is 239 g/mol. The molecule has 0 saturated heterocycles. The zero-order valence-corrected chi connectivity index (χ0v) is 10.1. The lowest BCUT2D eigenvalue weighted by atomic mass is 10.1. The Morgan fingerprint density at radius 3 is 2.31 bits per heavy atom. The van der Waals surface area contributed by atoms with E-state index in [0.717, 1.165) is 11.3 Å². The van der Waals surface area contributed by atoms with Crippen LogP contribution >= 0.6 is 11.3 Å². The smallest absolute Gasteiger partial charge is 0.354 e. The maximum Gasteiger partial charge on any atom is 0.397 e. The van der Waals surface area contributed by atoms with E-state index in [-0.39, 0.29) is 4.88 Å². The van der Waals surface area contributed by atoms with E-state index in [2.05, 4.69) is 4.98 Å². The molecule has 0 saturated carbocycles. The van der Waals surface area contributed by atoms with E-state index in [4.69, 9.17) is 5.73 Å². The average molecular weight is 253 g/mol. The van der Waals surface area contributed by atoms with Gasteiger partial charge >= 0.3 is 6.18 Å². The maximum absolute atomic E-state index is 12.7. The second kappa shape index (κ2) is 4.58. The van der Waals surface area contributed by atoms with E-state index in [9.17, 15) is 13.2 Å². The van der Waals surface area contributed by atoms with Gasteiger partial charge in [-0.15, -0.1) is 11.3 Å². The van der Waals surface area contributed by atoms with Gasteiger partial charge in [0.25, 0.3) is 0 Å². The zero-order chi connectivity index (χ0) is 12.5. The quantitative estimate of drug-likeness (QED) is 0.897. The summed E-state index contributed by atoms with van der Waals surface area (Å²) in [5.74, 6) is -1.61. The molecule has 1 rings (SSSR count). The van der Waals surface area contributed by atoms with E-state index < -0.39 is 18.6 Å².